The van der Waals surface area contributed by atoms with Crippen molar-refractivity contribution in [3.63, 3.8) is 0 Å². The van der Waals surface area contributed by atoms with Crippen molar-refractivity contribution in [2.24, 2.45) is 0 Å². The van der Waals surface area contributed by atoms with Crippen molar-refractivity contribution < 1.29 is 19.5 Å². The Morgan fingerprint density at radius 3 is 2.70 bits per heavy atom. The average Bonchev–Trinajstić information content (AvgIpc) is 3.01. The minimum atomic E-state index is 0.334. The minimum Gasteiger partial charge on any atom is -0.496 e. The second-order valence-corrected chi connectivity index (χ2v) is 5.97. The number of hydrogen-bond acceptors (Lipinski definition) is 3. The maximum absolute atomic E-state index is 5.42. The maximum atomic E-state index is 5.42. The van der Waals surface area contributed by atoms with E-state index in [1.807, 2.05) is 6.07 Å². The highest BCUT2D eigenvalue weighted by Crippen LogP contribution is 2.32. The van der Waals surface area contributed by atoms with Gasteiger partial charge in [-0.3, -0.25) is 0 Å². The zero-order chi connectivity index (χ0) is 16.2. The first-order chi connectivity index (χ1) is 11.2. The molecule has 0 atom stereocenters. The molecule has 0 amide bonds. The molecule has 2 aromatic carbocycles. The van der Waals surface area contributed by atoms with Gasteiger partial charge in [-0.15, -0.1) is 0 Å². The molecule has 0 radical (unpaired) electrons. The summed E-state index contributed by atoms with van der Waals surface area (Å²) in [5, 5.41) is 2.35. The molecule has 0 aliphatic carbocycles. The van der Waals surface area contributed by atoms with E-state index in [4.69, 9.17) is 14.2 Å². The molecule has 0 fully saturated rings. The lowest BCUT2D eigenvalue weighted by atomic mass is 10.0. The fraction of sp³-hybridized carbons (Fsp3) is 0.368. The number of quaternary nitrogens is 1. The predicted octanol–water partition coefficient (Wildman–Crippen LogP) is 2.35. The van der Waals surface area contributed by atoms with E-state index < -0.39 is 0 Å². The molecule has 122 valence electrons. The Morgan fingerprint density at radius 1 is 1.04 bits per heavy atom. The van der Waals surface area contributed by atoms with Gasteiger partial charge in [0.15, 0.2) is 11.5 Å². The van der Waals surface area contributed by atoms with Gasteiger partial charge in [-0.1, -0.05) is 6.07 Å². The highest BCUT2D eigenvalue weighted by molar-refractivity contribution is 5.44. The lowest BCUT2D eigenvalue weighted by Gasteiger charge is -2.10. The normalized spacial score (nSPS) is 12.5. The van der Waals surface area contributed by atoms with Crippen molar-refractivity contribution in [1.82, 2.24) is 0 Å². The van der Waals surface area contributed by atoms with Crippen molar-refractivity contribution in [3.8, 4) is 17.2 Å². The van der Waals surface area contributed by atoms with Crippen LogP contribution in [0.2, 0.25) is 0 Å². The fourth-order valence-electron chi connectivity index (χ4n) is 2.91. The average molecular weight is 314 g/mol. The summed E-state index contributed by atoms with van der Waals surface area (Å²) in [6.07, 6.45) is 1.02. The van der Waals surface area contributed by atoms with Crippen molar-refractivity contribution in [1.29, 1.82) is 0 Å². The largest absolute Gasteiger partial charge is 0.496 e. The summed E-state index contributed by atoms with van der Waals surface area (Å²) in [5.74, 6) is 2.68. The third kappa shape index (κ3) is 3.59. The van der Waals surface area contributed by atoms with Gasteiger partial charge in [-0.2, -0.15) is 0 Å². The zero-order valence-corrected chi connectivity index (χ0v) is 14.0. The van der Waals surface area contributed by atoms with Gasteiger partial charge >= 0.3 is 0 Å². The molecule has 0 bridgehead atoms. The summed E-state index contributed by atoms with van der Waals surface area (Å²) in [6, 6.07) is 10.5. The Kier molecular flexibility index (Phi) is 4.72. The van der Waals surface area contributed by atoms with Crippen LogP contribution in [0.1, 0.15) is 22.3 Å². The summed E-state index contributed by atoms with van der Waals surface area (Å²) >= 11 is 0. The number of aryl methyl sites for hydroxylation is 2. The number of benzene rings is 2. The van der Waals surface area contributed by atoms with Gasteiger partial charge in [0.1, 0.15) is 12.3 Å². The van der Waals surface area contributed by atoms with Gasteiger partial charge in [0.25, 0.3) is 0 Å². The molecule has 0 saturated heterocycles. The number of rotatable bonds is 6. The van der Waals surface area contributed by atoms with E-state index in [9.17, 15) is 0 Å². The number of nitrogens with two attached hydrogens (primary N) is 1. The zero-order valence-electron chi connectivity index (χ0n) is 14.0. The first kappa shape index (κ1) is 15.7. The molecule has 2 N–H and O–H groups in total. The van der Waals surface area contributed by atoms with E-state index >= 15 is 0 Å². The Morgan fingerprint density at radius 2 is 1.87 bits per heavy atom. The highest BCUT2D eigenvalue weighted by atomic mass is 16.7. The van der Waals surface area contributed by atoms with Gasteiger partial charge in [-0.05, 0) is 54.8 Å². The van der Waals surface area contributed by atoms with Crippen LogP contribution >= 0.6 is 0 Å². The SMILES string of the molecule is COc1cc(C)c(C[NH2+]CCc2ccc3c(c2)OCO3)cc1C. The quantitative estimate of drug-likeness (QED) is 0.833. The number of ether oxygens (including phenoxy) is 3. The van der Waals surface area contributed by atoms with Crippen LogP contribution in [0.5, 0.6) is 17.2 Å². The Balaban J connectivity index is 1.53. The van der Waals surface area contributed by atoms with Crippen molar-refractivity contribution in [2.75, 3.05) is 20.4 Å². The summed E-state index contributed by atoms with van der Waals surface area (Å²) in [6.45, 7) is 6.60. The Labute approximate surface area is 137 Å². The third-order valence-corrected chi connectivity index (χ3v) is 4.29. The van der Waals surface area contributed by atoms with E-state index in [1.54, 1.807) is 7.11 Å². The molecule has 0 unspecified atom stereocenters. The molecule has 1 aliphatic rings. The van der Waals surface area contributed by atoms with Crippen LogP contribution < -0.4 is 19.5 Å². The van der Waals surface area contributed by atoms with Crippen molar-refractivity contribution in [2.45, 2.75) is 26.8 Å². The molecule has 0 saturated carbocycles. The van der Waals surface area contributed by atoms with E-state index in [0.717, 1.165) is 36.8 Å². The van der Waals surface area contributed by atoms with Gasteiger partial charge in [0.05, 0.1) is 13.7 Å². The van der Waals surface area contributed by atoms with Crippen LogP contribution in [0.3, 0.4) is 0 Å². The third-order valence-electron chi connectivity index (χ3n) is 4.29. The van der Waals surface area contributed by atoms with E-state index in [0.29, 0.717) is 6.79 Å². The lowest BCUT2D eigenvalue weighted by Crippen LogP contribution is -2.83. The number of methoxy groups -OCH3 is 1. The van der Waals surface area contributed by atoms with Crippen molar-refractivity contribution >= 4 is 0 Å². The van der Waals surface area contributed by atoms with Crippen molar-refractivity contribution in [3.05, 3.63) is 52.6 Å². The summed E-state index contributed by atoms with van der Waals surface area (Å²) in [7, 11) is 1.72. The maximum Gasteiger partial charge on any atom is 0.231 e. The molecular formula is C19H24NO3+. The fourth-order valence-corrected chi connectivity index (χ4v) is 2.91. The number of hydrogen-bond donors (Lipinski definition) is 1. The molecule has 3 rings (SSSR count). The lowest BCUT2D eigenvalue weighted by molar-refractivity contribution is -0.670. The first-order valence-corrected chi connectivity index (χ1v) is 8.01. The van der Waals surface area contributed by atoms with Crippen LogP contribution in [0.4, 0.5) is 0 Å². The number of fused-ring (bicyclic) bond motifs is 1. The molecule has 4 nitrogen and oxygen atoms in total. The van der Waals surface area contributed by atoms with Crippen LogP contribution in [-0.4, -0.2) is 20.4 Å². The standard InChI is InChI=1S/C19H23NO3/c1-13-9-18(21-3)14(2)8-16(13)11-20-7-6-15-4-5-17-19(10-15)23-12-22-17/h4-5,8-10,20H,6-7,11-12H2,1-3H3/p+1. The molecule has 1 aliphatic heterocycles. The second-order valence-electron chi connectivity index (χ2n) is 5.97. The van der Waals surface area contributed by atoms with E-state index in [2.05, 4.69) is 43.4 Å². The molecule has 0 aromatic heterocycles. The van der Waals surface area contributed by atoms with Gasteiger partial charge < -0.3 is 19.5 Å². The summed E-state index contributed by atoms with van der Waals surface area (Å²) in [5.41, 5.74) is 5.13. The minimum absolute atomic E-state index is 0.334. The van der Waals surface area contributed by atoms with Gasteiger partial charge in [0, 0.05) is 12.0 Å². The molecule has 4 heteroatoms. The monoisotopic (exact) mass is 314 g/mol. The first-order valence-electron chi connectivity index (χ1n) is 8.01. The predicted molar refractivity (Wildman–Crippen MR) is 89.2 cm³/mol. The van der Waals surface area contributed by atoms with Gasteiger partial charge in [0.2, 0.25) is 6.79 Å². The van der Waals surface area contributed by atoms with Crippen LogP contribution in [0.25, 0.3) is 0 Å². The van der Waals surface area contributed by atoms with E-state index in [-0.39, 0.29) is 0 Å². The van der Waals surface area contributed by atoms with Gasteiger partial charge in [-0.25, -0.2) is 0 Å². The van der Waals surface area contributed by atoms with Crippen LogP contribution in [0.15, 0.2) is 30.3 Å². The molecule has 0 spiro atoms. The van der Waals surface area contributed by atoms with E-state index in [1.165, 1.54) is 22.3 Å². The topological polar surface area (TPSA) is 44.3 Å². The Bertz CT molecular complexity index is 697. The highest BCUT2D eigenvalue weighted by Gasteiger charge is 2.13. The molecule has 1 heterocycles. The smallest absolute Gasteiger partial charge is 0.231 e. The van der Waals surface area contributed by atoms with Crippen LogP contribution in [-0.2, 0) is 13.0 Å². The summed E-state index contributed by atoms with van der Waals surface area (Å²) < 4.78 is 16.1. The van der Waals surface area contributed by atoms with Crippen LogP contribution in [0, 0.1) is 13.8 Å². The molecule has 2 aromatic rings. The molecule has 23 heavy (non-hydrogen) atoms. The molecular weight excluding hydrogens is 290 g/mol. The Hall–Kier alpha value is -2.20. The second kappa shape index (κ2) is 6.92. The summed E-state index contributed by atoms with van der Waals surface area (Å²) in [4.78, 5) is 0.